The van der Waals surface area contributed by atoms with Crippen molar-refractivity contribution in [3.8, 4) is 11.5 Å². The second-order valence-electron chi connectivity index (χ2n) is 8.28. The summed E-state index contributed by atoms with van der Waals surface area (Å²) in [5.74, 6) is 0.950. The van der Waals surface area contributed by atoms with Gasteiger partial charge in [-0.1, -0.05) is 17.7 Å². The van der Waals surface area contributed by atoms with Gasteiger partial charge in [-0.05, 0) is 74.2 Å². The van der Waals surface area contributed by atoms with E-state index in [9.17, 15) is 8.42 Å². The Kier molecular flexibility index (Phi) is 6.40. The first kappa shape index (κ1) is 22.9. The number of piperazine rings is 1. The molecule has 3 aromatic rings. The summed E-state index contributed by atoms with van der Waals surface area (Å²) < 4.78 is 34.3. The van der Waals surface area contributed by atoms with E-state index in [0.717, 1.165) is 27.8 Å². The number of hydrogen-bond acceptors (Lipinski definition) is 6. The van der Waals surface area contributed by atoms with E-state index in [-0.39, 0.29) is 0 Å². The molecule has 0 atom stereocenters. The van der Waals surface area contributed by atoms with Gasteiger partial charge in [-0.3, -0.25) is 4.90 Å². The third-order valence-electron chi connectivity index (χ3n) is 6.14. The molecule has 2 aromatic carbocycles. The topological polar surface area (TPSA) is 79.5 Å². The van der Waals surface area contributed by atoms with E-state index in [1.54, 1.807) is 16.4 Å². The molecule has 0 spiro atoms. The third kappa shape index (κ3) is 4.45. The summed E-state index contributed by atoms with van der Waals surface area (Å²) >= 11 is 5.93. The molecule has 7 nitrogen and oxygen atoms in total. The van der Waals surface area contributed by atoms with E-state index in [0.29, 0.717) is 54.4 Å². The van der Waals surface area contributed by atoms with Crippen LogP contribution >= 0.6 is 11.6 Å². The number of nitrogens with zero attached hydrogens (tertiary/aromatic N) is 4. The van der Waals surface area contributed by atoms with Gasteiger partial charge in [0.15, 0.2) is 0 Å². The molecule has 32 heavy (non-hydrogen) atoms. The molecule has 9 heteroatoms. The van der Waals surface area contributed by atoms with Gasteiger partial charge in [0.1, 0.15) is 0 Å². The Morgan fingerprint density at radius 2 is 1.53 bits per heavy atom. The maximum absolute atomic E-state index is 13.4. The molecule has 0 radical (unpaired) electrons. The molecule has 1 saturated heterocycles. The average molecular weight is 475 g/mol. The molecule has 0 aliphatic carbocycles. The Hall–Kier alpha value is -2.26. The number of aryl methyl sites for hydroxylation is 2. The predicted octanol–water partition coefficient (Wildman–Crippen LogP) is 4.13. The highest BCUT2D eigenvalue weighted by molar-refractivity contribution is 7.89. The van der Waals surface area contributed by atoms with E-state index < -0.39 is 10.0 Å². The van der Waals surface area contributed by atoms with Gasteiger partial charge in [0.25, 0.3) is 0 Å². The van der Waals surface area contributed by atoms with Crippen molar-refractivity contribution in [2.24, 2.45) is 0 Å². The van der Waals surface area contributed by atoms with Crippen LogP contribution in [0.2, 0.25) is 5.02 Å². The Labute approximate surface area is 194 Å². The van der Waals surface area contributed by atoms with Crippen molar-refractivity contribution in [3.63, 3.8) is 0 Å². The molecule has 1 fully saturated rings. The van der Waals surface area contributed by atoms with Crippen LogP contribution in [0, 0.1) is 27.7 Å². The Morgan fingerprint density at radius 3 is 2.12 bits per heavy atom. The normalized spacial score (nSPS) is 15.9. The first-order valence-electron chi connectivity index (χ1n) is 10.5. The zero-order valence-electron chi connectivity index (χ0n) is 18.7. The fourth-order valence-corrected chi connectivity index (χ4v) is 6.17. The fourth-order valence-electron chi connectivity index (χ4n) is 4.04. The molecule has 1 aliphatic heterocycles. The molecule has 0 saturated carbocycles. The highest BCUT2D eigenvalue weighted by Crippen LogP contribution is 2.29. The summed E-state index contributed by atoms with van der Waals surface area (Å²) in [6, 6.07) is 9.27. The minimum atomic E-state index is -3.56. The van der Waals surface area contributed by atoms with Gasteiger partial charge < -0.3 is 4.42 Å². The number of halogens is 1. The molecule has 0 bridgehead atoms. The Balaban J connectivity index is 1.43. The van der Waals surface area contributed by atoms with Crippen molar-refractivity contribution in [1.29, 1.82) is 0 Å². The van der Waals surface area contributed by atoms with E-state index in [4.69, 9.17) is 16.0 Å². The standard InChI is InChI=1S/C23H27ClN4O3S/c1-15-13-16(2)18(4)22(17(15)3)32(29,30)28-11-9-27(10-12-28)14-21-25-26-23(31-21)19-5-7-20(24)8-6-19/h5-8,13H,9-12,14H2,1-4H3. The molecule has 0 amide bonds. The molecule has 4 rings (SSSR count). The zero-order chi connectivity index (χ0) is 23.0. The summed E-state index contributed by atoms with van der Waals surface area (Å²) in [5, 5.41) is 8.91. The number of sulfonamides is 1. The van der Waals surface area contributed by atoms with Gasteiger partial charge in [-0.25, -0.2) is 8.42 Å². The number of benzene rings is 2. The molecule has 1 aromatic heterocycles. The van der Waals surface area contributed by atoms with Gasteiger partial charge in [0.2, 0.25) is 21.8 Å². The van der Waals surface area contributed by atoms with Crippen molar-refractivity contribution in [3.05, 3.63) is 63.5 Å². The predicted molar refractivity (Wildman–Crippen MR) is 124 cm³/mol. The highest BCUT2D eigenvalue weighted by atomic mass is 35.5. The minimum Gasteiger partial charge on any atom is -0.419 e. The van der Waals surface area contributed by atoms with Crippen LogP contribution in [0.15, 0.2) is 39.6 Å². The highest BCUT2D eigenvalue weighted by Gasteiger charge is 2.32. The third-order valence-corrected chi connectivity index (χ3v) is 8.57. The van der Waals surface area contributed by atoms with Crippen LogP contribution in [-0.4, -0.2) is 54.0 Å². The van der Waals surface area contributed by atoms with Crippen molar-refractivity contribution in [2.45, 2.75) is 39.1 Å². The minimum absolute atomic E-state index is 0.423. The van der Waals surface area contributed by atoms with Gasteiger partial charge in [0.05, 0.1) is 11.4 Å². The molecular weight excluding hydrogens is 448 g/mol. The summed E-state index contributed by atoms with van der Waals surface area (Å²) in [7, 11) is -3.56. The number of rotatable bonds is 5. The van der Waals surface area contributed by atoms with Crippen LogP contribution in [-0.2, 0) is 16.6 Å². The van der Waals surface area contributed by atoms with Gasteiger partial charge in [0, 0.05) is 36.8 Å². The lowest BCUT2D eigenvalue weighted by atomic mass is 10.0. The van der Waals surface area contributed by atoms with Crippen LogP contribution in [0.4, 0.5) is 0 Å². The summed E-state index contributed by atoms with van der Waals surface area (Å²) in [4.78, 5) is 2.58. The summed E-state index contributed by atoms with van der Waals surface area (Å²) in [6.07, 6.45) is 0. The van der Waals surface area contributed by atoms with Crippen LogP contribution in [0.3, 0.4) is 0 Å². The summed E-state index contributed by atoms with van der Waals surface area (Å²) in [6.45, 7) is 10.2. The molecule has 2 heterocycles. The van der Waals surface area contributed by atoms with E-state index >= 15 is 0 Å². The number of aromatic nitrogens is 2. The second kappa shape index (κ2) is 8.94. The van der Waals surface area contributed by atoms with E-state index in [1.807, 2.05) is 45.9 Å². The SMILES string of the molecule is Cc1cc(C)c(C)c(S(=O)(=O)N2CCN(Cc3nnc(-c4ccc(Cl)cc4)o3)CC2)c1C. The van der Waals surface area contributed by atoms with Crippen LogP contribution in [0.25, 0.3) is 11.5 Å². The van der Waals surface area contributed by atoms with Gasteiger partial charge >= 0.3 is 0 Å². The molecule has 0 N–H and O–H groups in total. The maximum atomic E-state index is 13.4. The Morgan fingerprint density at radius 1 is 0.938 bits per heavy atom. The maximum Gasteiger partial charge on any atom is 0.247 e. The van der Waals surface area contributed by atoms with Crippen molar-refractivity contribution in [1.82, 2.24) is 19.4 Å². The lowest BCUT2D eigenvalue weighted by Gasteiger charge is -2.34. The lowest BCUT2D eigenvalue weighted by molar-refractivity contribution is 0.168. The largest absolute Gasteiger partial charge is 0.419 e. The fraction of sp³-hybridized carbons (Fsp3) is 0.391. The van der Waals surface area contributed by atoms with Crippen LogP contribution < -0.4 is 0 Å². The van der Waals surface area contributed by atoms with Crippen LogP contribution in [0.1, 0.15) is 28.1 Å². The van der Waals surface area contributed by atoms with Gasteiger partial charge in [-0.15, -0.1) is 10.2 Å². The first-order chi connectivity index (χ1) is 15.2. The average Bonchev–Trinajstić information content (AvgIpc) is 3.22. The zero-order valence-corrected chi connectivity index (χ0v) is 20.3. The van der Waals surface area contributed by atoms with Crippen molar-refractivity contribution < 1.29 is 12.8 Å². The monoisotopic (exact) mass is 474 g/mol. The molecular formula is C23H27ClN4O3S. The van der Waals surface area contributed by atoms with Gasteiger partial charge in [-0.2, -0.15) is 4.31 Å². The van der Waals surface area contributed by atoms with E-state index in [2.05, 4.69) is 15.1 Å². The van der Waals surface area contributed by atoms with E-state index in [1.165, 1.54) is 0 Å². The quantitative estimate of drug-likeness (QED) is 0.553. The molecule has 1 aliphatic rings. The molecule has 0 unspecified atom stereocenters. The smallest absolute Gasteiger partial charge is 0.247 e. The summed E-state index contributed by atoms with van der Waals surface area (Å²) in [5.41, 5.74) is 4.46. The lowest BCUT2D eigenvalue weighted by Crippen LogP contribution is -2.48. The van der Waals surface area contributed by atoms with Crippen LogP contribution in [0.5, 0.6) is 0 Å². The Bertz CT molecular complexity index is 1200. The number of hydrogen-bond donors (Lipinski definition) is 0. The first-order valence-corrected chi connectivity index (χ1v) is 12.4. The van der Waals surface area contributed by atoms with Crippen molar-refractivity contribution in [2.75, 3.05) is 26.2 Å². The van der Waals surface area contributed by atoms with Crippen molar-refractivity contribution >= 4 is 21.6 Å². The molecule has 170 valence electrons. The second-order valence-corrected chi connectivity index (χ2v) is 10.6.